The molecule has 2 saturated heterocycles. The van der Waals surface area contributed by atoms with Crippen LogP contribution in [0.1, 0.15) is 11.1 Å². The Bertz CT molecular complexity index is 745. The van der Waals surface area contributed by atoms with Crippen molar-refractivity contribution in [3.8, 4) is 0 Å². The van der Waals surface area contributed by atoms with Crippen LogP contribution in [0.2, 0.25) is 0 Å². The van der Waals surface area contributed by atoms with Crippen molar-refractivity contribution in [1.29, 1.82) is 0 Å². The van der Waals surface area contributed by atoms with Crippen LogP contribution in [0.3, 0.4) is 0 Å². The summed E-state index contributed by atoms with van der Waals surface area (Å²) < 4.78 is 5.67. The van der Waals surface area contributed by atoms with Gasteiger partial charge in [-0.1, -0.05) is 67.2 Å². The first-order chi connectivity index (χ1) is 11.7. The largest absolute Gasteiger partial charge is 0.494 e. The second-order valence-electron chi connectivity index (χ2n) is 6.30. The molecule has 4 heteroatoms. The van der Waals surface area contributed by atoms with Gasteiger partial charge in [0.05, 0.1) is 6.04 Å². The minimum Gasteiger partial charge on any atom is -0.494 e. The quantitative estimate of drug-likeness (QED) is 0.865. The molecule has 0 bridgehead atoms. The van der Waals surface area contributed by atoms with Crippen LogP contribution in [0.5, 0.6) is 0 Å². The van der Waals surface area contributed by atoms with Crippen LogP contribution >= 0.6 is 0 Å². The Hall–Kier alpha value is -2.75. The summed E-state index contributed by atoms with van der Waals surface area (Å²) in [6.45, 7) is 5.72. The minimum absolute atomic E-state index is 0.0360. The molecule has 2 heterocycles. The van der Waals surface area contributed by atoms with Crippen LogP contribution in [0.15, 0.2) is 73.0 Å². The Kier molecular flexibility index (Phi) is 3.73. The van der Waals surface area contributed by atoms with Crippen LogP contribution < -0.4 is 0 Å². The van der Waals surface area contributed by atoms with Gasteiger partial charge in [-0.2, -0.15) is 0 Å². The third-order valence-electron chi connectivity index (χ3n) is 4.75. The molecule has 2 amide bonds. The molecule has 2 aromatic rings. The van der Waals surface area contributed by atoms with Crippen LogP contribution in [-0.2, 0) is 17.8 Å². The van der Waals surface area contributed by atoms with E-state index in [4.69, 9.17) is 4.74 Å². The number of urea groups is 1. The molecule has 24 heavy (non-hydrogen) atoms. The first kappa shape index (κ1) is 14.8. The number of carbonyl (C=O) groups excluding carboxylic acids is 1. The molecule has 2 aliphatic heterocycles. The van der Waals surface area contributed by atoms with Gasteiger partial charge in [0.1, 0.15) is 18.4 Å². The maximum absolute atomic E-state index is 13.0. The fraction of sp³-hybridized carbons (Fsp3) is 0.250. The van der Waals surface area contributed by atoms with Gasteiger partial charge in [0.2, 0.25) is 0 Å². The summed E-state index contributed by atoms with van der Waals surface area (Å²) in [6.07, 6.45) is 0. The SMILES string of the molecule is C=C1OC[C@H]2[C@@H]1N(Cc1ccccc1)C(=O)N2Cc1ccccc1. The smallest absolute Gasteiger partial charge is 0.321 e. The molecule has 0 unspecified atom stereocenters. The highest BCUT2D eigenvalue weighted by Crippen LogP contribution is 2.35. The van der Waals surface area contributed by atoms with E-state index in [1.807, 2.05) is 70.5 Å². The number of benzene rings is 2. The summed E-state index contributed by atoms with van der Waals surface area (Å²) in [4.78, 5) is 16.8. The van der Waals surface area contributed by atoms with E-state index >= 15 is 0 Å². The van der Waals surface area contributed by atoms with Gasteiger partial charge in [-0.25, -0.2) is 4.79 Å². The van der Waals surface area contributed by atoms with E-state index in [2.05, 4.69) is 6.58 Å². The zero-order valence-corrected chi connectivity index (χ0v) is 13.5. The Morgan fingerprint density at radius 1 is 0.917 bits per heavy atom. The molecule has 0 saturated carbocycles. The summed E-state index contributed by atoms with van der Waals surface area (Å²) >= 11 is 0. The molecular weight excluding hydrogens is 300 g/mol. The van der Waals surface area contributed by atoms with Crippen molar-refractivity contribution in [2.24, 2.45) is 0 Å². The Balaban J connectivity index is 1.60. The first-order valence-corrected chi connectivity index (χ1v) is 8.21. The summed E-state index contributed by atoms with van der Waals surface area (Å²) in [6, 6.07) is 20.2. The van der Waals surface area contributed by atoms with E-state index in [1.54, 1.807) is 0 Å². The molecule has 2 aliphatic rings. The predicted molar refractivity (Wildman–Crippen MR) is 92.0 cm³/mol. The number of nitrogens with zero attached hydrogens (tertiary/aromatic N) is 2. The molecule has 0 radical (unpaired) electrons. The Morgan fingerprint density at radius 2 is 1.46 bits per heavy atom. The molecule has 4 nitrogen and oxygen atoms in total. The van der Waals surface area contributed by atoms with E-state index < -0.39 is 0 Å². The number of rotatable bonds is 4. The summed E-state index contributed by atoms with van der Waals surface area (Å²) in [7, 11) is 0. The van der Waals surface area contributed by atoms with Crippen molar-refractivity contribution in [1.82, 2.24) is 9.80 Å². The van der Waals surface area contributed by atoms with Crippen molar-refractivity contribution in [3.05, 3.63) is 84.1 Å². The Labute approximate surface area is 142 Å². The van der Waals surface area contributed by atoms with Gasteiger partial charge in [-0.3, -0.25) is 0 Å². The number of hydrogen-bond donors (Lipinski definition) is 0. The van der Waals surface area contributed by atoms with Crippen LogP contribution in [0.25, 0.3) is 0 Å². The highest BCUT2D eigenvalue weighted by Gasteiger charge is 2.51. The number of fused-ring (bicyclic) bond motifs is 1. The average Bonchev–Trinajstić information content (AvgIpc) is 3.11. The third kappa shape index (κ3) is 2.54. The van der Waals surface area contributed by atoms with Gasteiger partial charge in [-0.05, 0) is 11.1 Å². The van der Waals surface area contributed by atoms with E-state index in [-0.39, 0.29) is 18.1 Å². The Morgan fingerprint density at radius 3 is 2.04 bits per heavy atom. The van der Waals surface area contributed by atoms with E-state index in [9.17, 15) is 4.79 Å². The van der Waals surface area contributed by atoms with E-state index in [0.29, 0.717) is 25.5 Å². The molecule has 4 rings (SSSR count). The highest BCUT2D eigenvalue weighted by atomic mass is 16.5. The summed E-state index contributed by atoms with van der Waals surface area (Å²) in [5, 5.41) is 0. The van der Waals surface area contributed by atoms with Crippen molar-refractivity contribution >= 4 is 6.03 Å². The molecule has 2 fully saturated rings. The van der Waals surface area contributed by atoms with Crippen LogP contribution in [0.4, 0.5) is 4.79 Å². The second kappa shape index (κ2) is 6.04. The van der Waals surface area contributed by atoms with Crippen LogP contribution in [0, 0.1) is 0 Å². The number of amides is 2. The van der Waals surface area contributed by atoms with Crippen molar-refractivity contribution in [2.45, 2.75) is 25.2 Å². The first-order valence-electron chi connectivity index (χ1n) is 8.21. The summed E-state index contributed by atoms with van der Waals surface area (Å²) in [5.41, 5.74) is 2.24. The molecule has 0 N–H and O–H groups in total. The minimum atomic E-state index is -0.0681. The van der Waals surface area contributed by atoms with Crippen molar-refractivity contribution in [3.63, 3.8) is 0 Å². The van der Waals surface area contributed by atoms with Crippen molar-refractivity contribution < 1.29 is 9.53 Å². The van der Waals surface area contributed by atoms with Gasteiger partial charge >= 0.3 is 6.03 Å². The highest BCUT2D eigenvalue weighted by molar-refractivity contribution is 5.79. The standard InChI is InChI=1S/C20H20N2O2/c1-15-19-18(14-24-15)21(12-16-8-4-2-5-9-16)20(23)22(19)13-17-10-6-3-7-11-17/h2-11,18-19H,1,12-14H2/t18-,19+/m0/s1. The number of carbonyl (C=O) groups is 1. The van der Waals surface area contributed by atoms with Gasteiger partial charge in [-0.15, -0.1) is 0 Å². The lowest BCUT2D eigenvalue weighted by molar-refractivity contribution is 0.151. The van der Waals surface area contributed by atoms with Gasteiger partial charge < -0.3 is 14.5 Å². The number of hydrogen-bond acceptors (Lipinski definition) is 2. The molecule has 0 spiro atoms. The van der Waals surface area contributed by atoms with E-state index in [0.717, 1.165) is 11.1 Å². The lowest BCUT2D eigenvalue weighted by Gasteiger charge is -2.23. The van der Waals surface area contributed by atoms with Crippen LogP contribution in [-0.4, -0.2) is 34.5 Å². The normalized spacial score (nSPS) is 22.7. The molecule has 0 aliphatic carbocycles. The fourth-order valence-electron chi connectivity index (χ4n) is 3.56. The summed E-state index contributed by atoms with van der Waals surface area (Å²) in [5.74, 6) is 0.694. The zero-order valence-electron chi connectivity index (χ0n) is 13.5. The maximum Gasteiger partial charge on any atom is 0.321 e. The van der Waals surface area contributed by atoms with Crippen molar-refractivity contribution in [2.75, 3.05) is 6.61 Å². The lowest BCUT2D eigenvalue weighted by atomic mass is 10.1. The molecular formula is C20H20N2O2. The zero-order chi connectivity index (χ0) is 16.5. The number of ether oxygens (including phenoxy) is 1. The fourth-order valence-corrected chi connectivity index (χ4v) is 3.56. The topological polar surface area (TPSA) is 32.8 Å². The maximum atomic E-state index is 13.0. The monoisotopic (exact) mass is 320 g/mol. The molecule has 122 valence electrons. The molecule has 0 aromatic heterocycles. The second-order valence-corrected chi connectivity index (χ2v) is 6.30. The van der Waals surface area contributed by atoms with E-state index in [1.165, 1.54) is 0 Å². The van der Waals surface area contributed by atoms with Gasteiger partial charge in [0, 0.05) is 13.1 Å². The van der Waals surface area contributed by atoms with Gasteiger partial charge in [0.25, 0.3) is 0 Å². The third-order valence-corrected chi connectivity index (χ3v) is 4.75. The predicted octanol–water partition coefficient (Wildman–Crippen LogP) is 3.41. The lowest BCUT2D eigenvalue weighted by Crippen LogP contribution is -2.35. The molecule has 2 aromatic carbocycles. The average molecular weight is 320 g/mol. The van der Waals surface area contributed by atoms with Gasteiger partial charge in [0.15, 0.2) is 0 Å². The molecule has 2 atom stereocenters.